The van der Waals surface area contributed by atoms with Crippen molar-refractivity contribution in [2.24, 2.45) is 0 Å². The average molecular weight is 488 g/mol. The third kappa shape index (κ3) is 6.81. The number of halogens is 3. The van der Waals surface area contributed by atoms with E-state index >= 15 is 0 Å². The van der Waals surface area contributed by atoms with Gasteiger partial charge in [-0.3, -0.25) is 0 Å². The molecular weight excluding hydrogens is 473 g/mol. The summed E-state index contributed by atoms with van der Waals surface area (Å²) in [5.41, 5.74) is 0.928. The molecule has 0 aliphatic heterocycles. The van der Waals surface area contributed by atoms with Gasteiger partial charge in [0.2, 0.25) is 0 Å². The van der Waals surface area contributed by atoms with Crippen LogP contribution in [0.3, 0.4) is 0 Å². The Morgan fingerprint density at radius 1 is 0.731 bits per heavy atom. The third-order valence-electron chi connectivity index (χ3n) is 3.13. The summed E-state index contributed by atoms with van der Waals surface area (Å²) in [5, 5.41) is 0. The van der Waals surface area contributed by atoms with Gasteiger partial charge in [-0.2, -0.15) is 0 Å². The van der Waals surface area contributed by atoms with Crippen LogP contribution in [0.15, 0.2) is 77.7 Å². The lowest BCUT2D eigenvalue weighted by Gasteiger charge is -2.05. The van der Waals surface area contributed by atoms with Gasteiger partial charge in [0.15, 0.2) is 7.14 Å². The molecule has 0 aromatic heterocycles. The van der Waals surface area contributed by atoms with Crippen molar-refractivity contribution >= 4 is 10.1 Å². The minimum atomic E-state index is -4.27. The Morgan fingerprint density at radius 2 is 1.12 bits per heavy atom. The molecule has 0 bridgehead atoms. The maximum Gasteiger partial charge on any atom is 0.357 e. The van der Waals surface area contributed by atoms with E-state index in [1.54, 1.807) is 36.4 Å². The van der Waals surface area contributed by atoms with E-state index in [1.807, 2.05) is 6.92 Å². The molecular formula is C19H15F2IO3S. The summed E-state index contributed by atoms with van der Waals surface area (Å²) in [5.74, 6) is -0.441. The molecule has 0 fully saturated rings. The molecule has 0 heterocycles. The number of hydrogen-bond acceptors (Lipinski definition) is 3. The molecule has 0 atom stereocenters. The maximum atomic E-state index is 12.6. The topological polar surface area (TPSA) is 57.2 Å². The molecule has 0 saturated heterocycles. The molecule has 0 aliphatic carbocycles. The Bertz CT molecular complexity index is 896. The Morgan fingerprint density at radius 3 is 1.46 bits per heavy atom. The molecule has 3 aromatic rings. The summed E-state index contributed by atoms with van der Waals surface area (Å²) in [6.45, 7) is 1.82. The second-order valence-corrected chi connectivity index (χ2v) is 9.64. The van der Waals surface area contributed by atoms with Crippen molar-refractivity contribution in [1.29, 1.82) is 0 Å². The molecule has 136 valence electrons. The Balaban J connectivity index is 0.000000197. The smallest absolute Gasteiger partial charge is 0.357 e. The summed E-state index contributed by atoms with van der Waals surface area (Å²) >= 11 is -0.330. The average Bonchev–Trinajstić information content (AvgIpc) is 2.59. The molecule has 3 nitrogen and oxygen atoms in total. The van der Waals surface area contributed by atoms with Crippen LogP contribution in [0.2, 0.25) is 0 Å². The van der Waals surface area contributed by atoms with Gasteiger partial charge in [-0.05, 0) is 67.6 Å². The molecule has 0 unspecified atom stereocenters. The van der Waals surface area contributed by atoms with E-state index in [-0.39, 0.29) is 37.7 Å². The highest BCUT2D eigenvalue weighted by molar-refractivity contribution is 7.85. The van der Waals surface area contributed by atoms with Gasteiger partial charge in [-0.25, -0.2) is 17.2 Å². The van der Waals surface area contributed by atoms with Crippen molar-refractivity contribution in [3.8, 4) is 0 Å². The van der Waals surface area contributed by atoms with E-state index in [0.717, 1.165) is 12.7 Å². The minimum absolute atomic E-state index is 0.178. The first-order valence-corrected chi connectivity index (χ1v) is 11.0. The molecule has 0 aliphatic rings. The van der Waals surface area contributed by atoms with Gasteiger partial charge in [0, 0.05) is 0 Å². The van der Waals surface area contributed by atoms with Gasteiger partial charge in [0.1, 0.15) is 21.8 Å². The highest BCUT2D eigenvalue weighted by Gasteiger charge is 2.14. The van der Waals surface area contributed by atoms with E-state index in [4.69, 9.17) is 0 Å². The molecule has 0 radical (unpaired) electrons. The van der Waals surface area contributed by atoms with Gasteiger partial charge in [0.05, 0.1) is 4.90 Å². The fourth-order valence-corrected chi connectivity index (χ4v) is 4.44. The molecule has 3 rings (SSSR count). The van der Waals surface area contributed by atoms with Crippen LogP contribution < -0.4 is 21.2 Å². The maximum absolute atomic E-state index is 12.6. The van der Waals surface area contributed by atoms with Crippen LogP contribution in [-0.2, 0) is 10.1 Å². The molecule has 7 heteroatoms. The van der Waals surface area contributed by atoms with E-state index in [9.17, 15) is 21.8 Å². The summed E-state index contributed by atoms with van der Waals surface area (Å²) in [7, 11) is -4.27. The number of aryl methyl sites for hydroxylation is 1. The largest absolute Gasteiger partial charge is 0.744 e. The summed E-state index contributed by atoms with van der Waals surface area (Å²) in [4.78, 5) is -0.178. The number of benzene rings is 3. The van der Waals surface area contributed by atoms with Crippen LogP contribution in [0.25, 0.3) is 0 Å². The van der Waals surface area contributed by atoms with Crippen molar-refractivity contribution in [1.82, 2.24) is 0 Å². The first-order valence-electron chi connectivity index (χ1n) is 7.42. The van der Waals surface area contributed by atoms with Gasteiger partial charge in [0.25, 0.3) is 0 Å². The van der Waals surface area contributed by atoms with E-state index in [2.05, 4.69) is 0 Å². The van der Waals surface area contributed by atoms with E-state index in [0.29, 0.717) is 0 Å². The van der Waals surface area contributed by atoms with Crippen molar-refractivity contribution < 1.29 is 43.0 Å². The zero-order valence-electron chi connectivity index (χ0n) is 13.7. The van der Waals surface area contributed by atoms with Crippen LogP contribution in [0.1, 0.15) is 5.56 Å². The van der Waals surface area contributed by atoms with Crippen LogP contribution in [0.5, 0.6) is 0 Å². The molecule has 0 N–H and O–H groups in total. The number of rotatable bonds is 3. The highest BCUT2D eigenvalue weighted by atomic mass is 127. The standard InChI is InChI=1S/C12H8F2I.C7H8O3S/c13-9-1-5-11(6-2-9)15-12-7-3-10(14)4-8-12;1-6-2-4-7(5-3-6)11(8,9)10/h1-8H;2-5H,1H3,(H,8,9,10)/q+1;/p-1. The molecule has 0 spiro atoms. The van der Waals surface area contributed by atoms with Crippen LogP contribution in [0.4, 0.5) is 8.78 Å². The predicted octanol–water partition coefficient (Wildman–Crippen LogP) is 0.992. The normalized spacial score (nSPS) is 10.8. The first-order chi connectivity index (χ1) is 12.2. The summed E-state index contributed by atoms with van der Waals surface area (Å²) in [6.07, 6.45) is 0. The lowest BCUT2D eigenvalue weighted by molar-refractivity contribution is -0.597. The second kappa shape index (κ2) is 9.20. The van der Waals surface area contributed by atoms with Gasteiger partial charge >= 0.3 is 21.2 Å². The molecule has 26 heavy (non-hydrogen) atoms. The van der Waals surface area contributed by atoms with Gasteiger partial charge < -0.3 is 4.55 Å². The zero-order chi connectivity index (χ0) is 19.2. The Labute approximate surface area is 161 Å². The first kappa shape index (κ1) is 20.5. The Kier molecular flexibility index (Phi) is 7.24. The quantitative estimate of drug-likeness (QED) is 0.409. The van der Waals surface area contributed by atoms with Gasteiger partial charge in [-0.1, -0.05) is 17.7 Å². The molecule has 0 saturated carbocycles. The predicted molar refractivity (Wildman–Crippen MR) is 89.3 cm³/mol. The fourth-order valence-electron chi connectivity index (χ4n) is 1.82. The minimum Gasteiger partial charge on any atom is -0.744 e. The van der Waals surface area contributed by atoms with Crippen molar-refractivity contribution in [2.45, 2.75) is 11.8 Å². The van der Waals surface area contributed by atoms with Crippen molar-refractivity contribution in [3.05, 3.63) is 97.1 Å². The van der Waals surface area contributed by atoms with Crippen LogP contribution in [0, 0.1) is 25.7 Å². The van der Waals surface area contributed by atoms with Crippen LogP contribution >= 0.6 is 0 Å². The lowest BCUT2D eigenvalue weighted by atomic mass is 10.2. The highest BCUT2D eigenvalue weighted by Crippen LogP contribution is 2.08. The monoisotopic (exact) mass is 488 g/mol. The SMILES string of the molecule is Cc1ccc(S(=O)(=O)[O-])cc1.Fc1ccc([I+]c2ccc(F)cc2)cc1. The number of hydrogen-bond donors (Lipinski definition) is 0. The van der Waals surface area contributed by atoms with E-state index < -0.39 is 10.1 Å². The van der Waals surface area contributed by atoms with Crippen molar-refractivity contribution in [2.75, 3.05) is 0 Å². The summed E-state index contributed by atoms with van der Waals surface area (Å²) in [6, 6.07) is 18.7. The zero-order valence-corrected chi connectivity index (χ0v) is 16.7. The summed E-state index contributed by atoms with van der Waals surface area (Å²) < 4.78 is 58.7. The van der Waals surface area contributed by atoms with Crippen molar-refractivity contribution in [3.63, 3.8) is 0 Å². The lowest BCUT2D eigenvalue weighted by Crippen LogP contribution is -3.61. The van der Waals surface area contributed by atoms with E-state index in [1.165, 1.54) is 36.4 Å². The second-order valence-electron chi connectivity index (χ2n) is 5.23. The van der Waals surface area contributed by atoms with Crippen LogP contribution in [-0.4, -0.2) is 13.0 Å². The Hall–Kier alpha value is -1.84. The molecule has 3 aromatic carbocycles. The van der Waals surface area contributed by atoms with Gasteiger partial charge in [-0.15, -0.1) is 0 Å². The fraction of sp³-hybridized carbons (Fsp3) is 0.0526. The third-order valence-corrected chi connectivity index (χ3v) is 6.67. The molecule has 0 amide bonds.